The van der Waals surface area contributed by atoms with Gasteiger partial charge in [0.25, 0.3) is 5.91 Å². The van der Waals surface area contributed by atoms with Crippen LogP contribution >= 0.6 is 0 Å². The lowest BCUT2D eigenvalue weighted by molar-refractivity contribution is 0.0233. The molecule has 4 heteroatoms. The molecule has 120 valence electrons. The maximum atomic E-state index is 12.1. The molecule has 3 aromatic rings. The van der Waals surface area contributed by atoms with E-state index in [0.29, 0.717) is 17.9 Å². The Kier molecular flexibility index (Phi) is 5.22. The Labute approximate surface area is 140 Å². The van der Waals surface area contributed by atoms with Gasteiger partial charge in [0.15, 0.2) is 0 Å². The van der Waals surface area contributed by atoms with E-state index < -0.39 is 0 Å². The van der Waals surface area contributed by atoms with Crippen LogP contribution in [-0.2, 0) is 11.4 Å². The molecule has 0 unspecified atom stereocenters. The van der Waals surface area contributed by atoms with Crippen LogP contribution in [0.5, 0.6) is 11.5 Å². The van der Waals surface area contributed by atoms with Crippen molar-refractivity contribution in [1.29, 1.82) is 0 Å². The van der Waals surface area contributed by atoms with Crippen molar-refractivity contribution in [1.82, 2.24) is 5.48 Å². The van der Waals surface area contributed by atoms with Crippen molar-refractivity contribution >= 4 is 5.91 Å². The summed E-state index contributed by atoms with van der Waals surface area (Å²) >= 11 is 0. The van der Waals surface area contributed by atoms with Crippen molar-refractivity contribution in [3.05, 3.63) is 96.1 Å². The van der Waals surface area contributed by atoms with Gasteiger partial charge in [0.2, 0.25) is 0 Å². The predicted molar refractivity (Wildman–Crippen MR) is 91.7 cm³/mol. The Morgan fingerprint density at radius 3 is 2.21 bits per heavy atom. The third kappa shape index (κ3) is 4.44. The molecule has 0 saturated heterocycles. The molecule has 0 spiro atoms. The molecular formula is C20H17NO3. The SMILES string of the molecule is O=C(NOCc1ccccc1)c1cccc(Oc2ccccc2)c1. The fourth-order valence-corrected chi connectivity index (χ4v) is 2.14. The van der Waals surface area contributed by atoms with Crippen LogP contribution in [-0.4, -0.2) is 5.91 Å². The Bertz CT molecular complexity index is 788. The fraction of sp³-hybridized carbons (Fsp3) is 0.0500. The summed E-state index contributed by atoms with van der Waals surface area (Å²) in [4.78, 5) is 17.4. The standard InChI is InChI=1S/C20H17NO3/c22-20(21-23-15-16-8-3-1-4-9-16)17-10-7-13-19(14-17)24-18-11-5-2-6-12-18/h1-14H,15H2,(H,21,22). The van der Waals surface area contributed by atoms with Crippen molar-refractivity contribution in [3.63, 3.8) is 0 Å². The number of ether oxygens (including phenoxy) is 1. The first-order valence-corrected chi connectivity index (χ1v) is 7.60. The highest BCUT2D eigenvalue weighted by Crippen LogP contribution is 2.21. The quantitative estimate of drug-likeness (QED) is 0.688. The first-order chi connectivity index (χ1) is 11.8. The summed E-state index contributed by atoms with van der Waals surface area (Å²) in [5.74, 6) is 0.997. The number of amides is 1. The number of benzene rings is 3. The van der Waals surface area contributed by atoms with Gasteiger partial charge in [0.05, 0.1) is 6.61 Å². The average Bonchev–Trinajstić information content (AvgIpc) is 2.64. The Morgan fingerprint density at radius 1 is 0.792 bits per heavy atom. The van der Waals surface area contributed by atoms with Crippen molar-refractivity contribution in [2.75, 3.05) is 0 Å². The molecule has 0 aromatic heterocycles. The molecule has 1 N–H and O–H groups in total. The monoisotopic (exact) mass is 319 g/mol. The van der Waals surface area contributed by atoms with E-state index in [0.717, 1.165) is 11.3 Å². The molecule has 0 fully saturated rings. The molecule has 3 rings (SSSR count). The highest BCUT2D eigenvalue weighted by molar-refractivity contribution is 5.93. The largest absolute Gasteiger partial charge is 0.457 e. The van der Waals surface area contributed by atoms with E-state index in [-0.39, 0.29) is 5.91 Å². The second-order valence-corrected chi connectivity index (χ2v) is 5.15. The van der Waals surface area contributed by atoms with E-state index in [1.165, 1.54) is 0 Å². The second kappa shape index (κ2) is 7.94. The number of nitrogens with one attached hydrogen (secondary N) is 1. The minimum Gasteiger partial charge on any atom is -0.457 e. The summed E-state index contributed by atoms with van der Waals surface area (Å²) in [6.07, 6.45) is 0. The number of carbonyl (C=O) groups excluding carboxylic acids is 1. The highest BCUT2D eigenvalue weighted by Gasteiger charge is 2.07. The van der Waals surface area contributed by atoms with E-state index in [1.807, 2.05) is 60.7 Å². The highest BCUT2D eigenvalue weighted by atomic mass is 16.6. The predicted octanol–water partition coefficient (Wildman–Crippen LogP) is 4.34. The van der Waals surface area contributed by atoms with Crippen LogP contribution in [0.15, 0.2) is 84.9 Å². The summed E-state index contributed by atoms with van der Waals surface area (Å²) in [5, 5.41) is 0. The van der Waals surface area contributed by atoms with Gasteiger partial charge < -0.3 is 4.74 Å². The van der Waals surface area contributed by atoms with Crippen LogP contribution in [0.4, 0.5) is 0 Å². The molecule has 0 radical (unpaired) electrons. The Balaban J connectivity index is 1.58. The van der Waals surface area contributed by atoms with Crippen LogP contribution in [0.25, 0.3) is 0 Å². The van der Waals surface area contributed by atoms with Gasteiger partial charge in [-0.2, -0.15) is 0 Å². The Morgan fingerprint density at radius 2 is 1.46 bits per heavy atom. The lowest BCUT2D eigenvalue weighted by Crippen LogP contribution is -2.23. The minimum atomic E-state index is -0.315. The molecule has 0 atom stereocenters. The number of rotatable bonds is 6. The van der Waals surface area contributed by atoms with Crippen LogP contribution in [0, 0.1) is 0 Å². The molecule has 4 nitrogen and oxygen atoms in total. The normalized spacial score (nSPS) is 10.2. The summed E-state index contributed by atoms with van der Waals surface area (Å²) < 4.78 is 5.72. The Hall–Kier alpha value is -3.11. The van der Waals surface area contributed by atoms with Gasteiger partial charge in [-0.25, -0.2) is 5.48 Å². The summed E-state index contributed by atoms with van der Waals surface area (Å²) in [6, 6.07) is 26.0. The summed E-state index contributed by atoms with van der Waals surface area (Å²) in [7, 11) is 0. The van der Waals surface area contributed by atoms with E-state index in [2.05, 4.69) is 5.48 Å². The molecular weight excluding hydrogens is 302 g/mol. The van der Waals surface area contributed by atoms with Crippen molar-refractivity contribution in [2.45, 2.75) is 6.61 Å². The molecule has 0 aliphatic rings. The number of hydroxylamine groups is 1. The molecule has 0 aliphatic carbocycles. The van der Waals surface area contributed by atoms with Gasteiger partial charge >= 0.3 is 0 Å². The first kappa shape index (κ1) is 15.8. The zero-order chi connectivity index (χ0) is 16.6. The molecule has 1 amide bonds. The third-order valence-electron chi connectivity index (χ3n) is 3.32. The van der Waals surface area contributed by atoms with Gasteiger partial charge in [-0.05, 0) is 35.9 Å². The zero-order valence-electron chi connectivity index (χ0n) is 13.0. The maximum Gasteiger partial charge on any atom is 0.274 e. The average molecular weight is 319 g/mol. The number of hydrogen-bond acceptors (Lipinski definition) is 3. The van der Waals surface area contributed by atoms with Gasteiger partial charge in [-0.3, -0.25) is 9.63 Å². The van der Waals surface area contributed by atoms with Gasteiger partial charge in [0.1, 0.15) is 11.5 Å². The van der Waals surface area contributed by atoms with Crippen LogP contribution < -0.4 is 10.2 Å². The van der Waals surface area contributed by atoms with Crippen molar-refractivity contribution in [3.8, 4) is 11.5 Å². The van der Waals surface area contributed by atoms with Crippen molar-refractivity contribution in [2.24, 2.45) is 0 Å². The van der Waals surface area contributed by atoms with Crippen LogP contribution in [0.1, 0.15) is 15.9 Å². The smallest absolute Gasteiger partial charge is 0.274 e. The number of para-hydroxylation sites is 1. The molecule has 0 aliphatic heterocycles. The molecule has 3 aromatic carbocycles. The van der Waals surface area contributed by atoms with E-state index in [1.54, 1.807) is 24.3 Å². The topological polar surface area (TPSA) is 47.6 Å². The maximum absolute atomic E-state index is 12.1. The lowest BCUT2D eigenvalue weighted by Gasteiger charge is -2.08. The third-order valence-corrected chi connectivity index (χ3v) is 3.32. The van der Waals surface area contributed by atoms with E-state index in [9.17, 15) is 4.79 Å². The van der Waals surface area contributed by atoms with Gasteiger partial charge in [-0.15, -0.1) is 0 Å². The molecule has 0 saturated carbocycles. The second-order valence-electron chi connectivity index (χ2n) is 5.15. The van der Waals surface area contributed by atoms with Crippen molar-refractivity contribution < 1.29 is 14.4 Å². The number of hydrogen-bond donors (Lipinski definition) is 1. The molecule has 0 heterocycles. The summed E-state index contributed by atoms with van der Waals surface area (Å²) in [5.41, 5.74) is 3.90. The van der Waals surface area contributed by atoms with Gasteiger partial charge in [-0.1, -0.05) is 54.6 Å². The number of carbonyl (C=O) groups is 1. The zero-order valence-corrected chi connectivity index (χ0v) is 13.0. The minimum absolute atomic E-state index is 0.312. The lowest BCUT2D eigenvalue weighted by atomic mass is 10.2. The molecule has 0 bridgehead atoms. The van der Waals surface area contributed by atoms with E-state index >= 15 is 0 Å². The van der Waals surface area contributed by atoms with Crippen LogP contribution in [0.2, 0.25) is 0 Å². The first-order valence-electron chi connectivity index (χ1n) is 7.60. The van der Waals surface area contributed by atoms with Gasteiger partial charge in [0, 0.05) is 5.56 Å². The van der Waals surface area contributed by atoms with E-state index in [4.69, 9.17) is 9.57 Å². The molecule has 24 heavy (non-hydrogen) atoms. The fourth-order valence-electron chi connectivity index (χ4n) is 2.14. The summed E-state index contributed by atoms with van der Waals surface area (Å²) in [6.45, 7) is 0.312. The van der Waals surface area contributed by atoms with Crippen LogP contribution in [0.3, 0.4) is 0 Å².